The van der Waals surface area contributed by atoms with Gasteiger partial charge in [0.2, 0.25) is 5.91 Å². The van der Waals surface area contributed by atoms with E-state index >= 15 is 0 Å². The first-order chi connectivity index (χ1) is 17.0. The van der Waals surface area contributed by atoms with Gasteiger partial charge in [-0.3, -0.25) is 14.6 Å². The molecule has 1 aromatic heterocycles. The van der Waals surface area contributed by atoms with Gasteiger partial charge in [0.25, 0.3) is 0 Å². The van der Waals surface area contributed by atoms with E-state index in [-0.39, 0.29) is 5.91 Å². The molecule has 1 amide bonds. The molecule has 0 atom stereocenters. The lowest BCUT2D eigenvalue weighted by molar-refractivity contribution is -0.118. The third kappa shape index (κ3) is 7.33. The van der Waals surface area contributed by atoms with Gasteiger partial charge in [-0.1, -0.05) is 22.9 Å². The van der Waals surface area contributed by atoms with Crippen LogP contribution in [-0.4, -0.2) is 68.0 Å². The molecule has 0 unspecified atom stereocenters. The fourth-order valence-electron chi connectivity index (χ4n) is 4.08. The summed E-state index contributed by atoms with van der Waals surface area (Å²) in [6, 6.07) is 11.9. The molecular formula is C26H32ClN3O3S2. The third-order valence-electron chi connectivity index (χ3n) is 5.99. The molecule has 0 aliphatic carbocycles. The van der Waals surface area contributed by atoms with Crippen molar-refractivity contribution in [3.05, 3.63) is 47.0 Å². The highest BCUT2D eigenvalue weighted by molar-refractivity contribution is 7.99. The van der Waals surface area contributed by atoms with Crippen LogP contribution in [0.15, 0.2) is 41.3 Å². The number of fused-ring (bicyclic) bond motifs is 1. The molecule has 3 aromatic rings. The van der Waals surface area contributed by atoms with Crippen LogP contribution in [-0.2, 0) is 9.53 Å². The van der Waals surface area contributed by atoms with Crippen molar-refractivity contribution in [3.63, 3.8) is 0 Å². The van der Waals surface area contributed by atoms with Crippen molar-refractivity contribution in [1.29, 1.82) is 0 Å². The minimum atomic E-state index is 0.130. The van der Waals surface area contributed by atoms with Crippen LogP contribution in [0.5, 0.6) is 5.75 Å². The van der Waals surface area contributed by atoms with E-state index in [1.165, 1.54) is 4.90 Å². The van der Waals surface area contributed by atoms with Crippen molar-refractivity contribution in [1.82, 2.24) is 9.88 Å². The molecule has 188 valence electrons. The third-order valence-corrected chi connectivity index (χ3v) is 8.34. The lowest BCUT2D eigenvalue weighted by atomic mass is 10.2. The summed E-state index contributed by atoms with van der Waals surface area (Å²) in [5.74, 6) is 1.86. The second kappa shape index (κ2) is 12.9. The highest BCUT2D eigenvalue weighted by atomic mass is 35.5. The number of ether oxygens (including phenoxy) is 2. The van der Waals surface area contributed by atoms with Gasteiger partial charge in [-0.25, -0.2) is 4.98 Å². The molecule has 2 heterocycles. The Kier molecular flexibility index (Phi) is 9.68. The summed E-state index contributed by atoms with van der Waals surface area (Å²) < 4.78 is 11.7. The molecule has 1 saturated heterocycles. The quantitative estimate of drug-likeness (QED) is 0.226. The van der Waals surface area contributed by atoms with Crippen molar-refractivity contribution in [2.75, 3.05) is 57.2 Å². The van der Waals surface area contributed by atoms with Crippen LogP contribution in [0.4, 0.5) is 5.13 Å². The van der Waals surface area contributed by atoms with Gasteiger partial charge in [0.1, 0.15) is 5.75 Å². The molecular weight excluding hydrogens is 502 g/mol. The predicted molar refractivity (Wildman–Crippen MR) is 147 cm³/mol. The summed E-state index contributed by atoms with van der Waals surface area (Å²) >= 11 is 9.58. The summed E-state index contributed by atoms with van der Waals surface area (Å²) in [6.45, 7) is 7.10. The topological polar surface area (TPSA) is 54.9 Å². The van der Waals surface area contributed by atoms with Crippen LogP contribution >= 0.6 is 34.7 Å². The van der Waals surface area contributed by atoms with E-state index in [1.807, 2.05) is 36.1 Å². The fraction of sp³-hybridized carbons (Fsp3) is 0.462. The first-order valence-electron chi connectivity index (χ1n) is 12.0. The molecule has 1 fully saturated rings. The van der Waals surface area contributed by atoms with E-state index in [2.05, 4.69) is 17.0 Å². The van der Waals surface area contributed by atoms with Crippen LogP contribution in [0.3, 0.4) is 0 Å². The lowest BCUT2D eigenvalue weighted by Gasteiger charge is -2.27. The number of benzene rings is 2. The minimum absolute atomic E-state index is 0.130. The number of hydrogen-bond acceptors (Lipinski definition) is 7. The standard InChI is InChI=1S/C26H32ClN3O3S2/c1-19-17-20(27)18-23-25(19)28-26(35-23)30(11-4-10-29-12-14-33-15-13-29)24(31)5-3-16-34-22-8-6-21(32-2)7-9-22/h6-9,17-18H,3-5,10-16H2,1-2H3. The van der Waals surface area contributed by atoms with E-state index < -0.39 is 0 Å². The fourth-order valence-corrected chi connectivity index (χ4v) is 6.40. The molecule has 9 heteroatoms. The highest BCUT2D eigenvalue weighted by Gasteiger charge is 2.21. The maximum atomic E-state index is 13.4. The van der Waals surface area contributed by atoms with Gasteiger partial charge in [0, 0.05) is 42.5 Å². The number of carbonyl (C=O) groups is 1. The molecule has 0 radical (unpaired) electrons. The molecule has 4 rings (SSSR count). The monoisotopic (exact) mass is 533 g/mol. The van der Waals surface area contributed by atoms with Gasteiger partial charge in [-0.2, -0.15) is 0 Å². The zero-order valence-corrected chi connectivity index (χ0v) is 22.7. The number of aryl methyl sites for hydroxylation is 1. The Balaban J connectivity index is 1.38. The van der Waals surface area contributed by atoms with Gasteiger partial charge in [0.15, 0.2) is 5.13 Å². The van der Waals surface area contributed by atoms with E-state index in [0.717, 1.165) is 78.1 Å². The number of carbonyl (C=O) groups excluding carboxylic acids is 1. The van der Waals surface area contributed by atoms with Crippen LogP contribution in [0.2, 0.25) is 5.02 Å². The smallest absolute Gasteiger partial charge is 0.228 e. The minimum Gasteiger partial charge on any atom is -0.497 e. The number of rotatable bonds is 11. The number of thiazole rings is 1. The Morgan fingerprint density at radius 3 is 2.74 bits per heavy atom. The number of halogens is 1. The molecule has 35 heavy (non-hydrogen) atoms. The summed E-state index contributed by atoms with van der Waals surface area (Å²) in [6.07, 6.45) is 2.21. The molecule has 2 aromatic carbocycles. The van der Waals surface area contributed by atoms with Crippen molar-refractivity contribution in [3.8, 4) is 5.75 Å². The summed E-state index contributed by atoms with van der Waals surface area (Å²) in [7, 11) is 1.67. The molecule has 0 saturated carbocycles. The number of hydrogen-bond donors (Lipinski definition) is 0. The largest absolute Gasteiger partial charge is 0.497 e. The molecule has 1 aliphatic rings. The first-order valence-corrected chi connectivity index (χ1v) is 14.2. The molecule has 0 spiro atoms. The molecule has 0 bridgehead atoms. The lowest BCUT2D eigenvalue weighted by Crippen LogP contribution is -2.39. The van der Waals surface area contributed by atoms with Gasteiger partial charge < -0.3 is 9.47 Å². The Hall–Kier alpha value is -1.84. The Morgan fingerprint density at radius 2 is 2.00 bits per heavy atom. The highest BCUT2D eigenvalue weighted by Crippen LogP contribution is 2.33. The Morgan fingerprint density at radius 1 is 1.23 bits per heavy atom. The van der Waals surface area contributed by atoms with E-state index in [0.29, 0.717) is 18.0 Å². The maximum Gasteiger partial charge on any atom is 0.228 e. The Labute approximate surface area is 220 Å². The van der Waals surface area contributed by atoms with Gasteiger partial charge in [0.05, 0.1) is 30.5 Å². The van der Waals surface area contributed by atoms with Crippen LogP contribution < -0.4 is 9.64 Å². The van der Waals surface area contributed by atoms with E-state index in [9.17, 15) is 4.79 Å². The van der Waals surface area contributed by atoms with Gasteiger partial charge in [-0.15, -0.1) is 11.8 Å². The number of amides is 1. The maximum absolute atomic E-state index is 13.4. The number of nitrogens with zero attached hydrogens (tertiary/aromatic N) is 3. The SMILES string of the molecule is COc1ccc(SCCCC(=O)N(CCCN2CCOCC2)c2nc3c(C)cc(Cl)cc3s2)cc1. The average Bonchev–Trinajstić information content (AvgIpc) is 3.29. The van der Waals surface area contributed by atoms with Gasteiger partial charge in [-0.05, 0) is 67.5 Å². The zero-order chi connectivity index (χ0) is 24.6. The number of morpholine rings is 1. The number of aromatic nitrogens is 1. The second-order valence-electron chi connectivity index (χ2n) is 8.55. The zero-order valence-electron chi connectivity index (χ0n) is 20.3. The van der Waals surface area contributed by atoms with Crippen LogP contribution in [0.25, 0.3) is 10.2 Å². The number of thioether (sulfide) groups is 1. The summed E-state index contributed by atoms with van der Waals surface area (Å²) in [4.78, 5) is 23.7. The van der Waals surface area contributed by atoms with Crippen molar-refractivity contribution in [2.24, 2.45) is 0 Å². The number of anilines is 1. The second-order valence-corrected chi connectivity index (χ2v) is 11.2. The summed E-state index contributed by atoms with van der Waals surface area (Å²) in [5.41, 5.74) is 1.96. The number of methoxy groups -OCH3 is 1. The molecule has 6 nitrogen and oxygen atoms in total. The van der Waals surface area contributed by atoms with Crippen molar-refractivity contribution < 1.29 is 14.3 Å². The predicted octanol–water partition coefficient (Wildman–Crippen LogP) is 5.89. The van der Waals surface area contributed by atoms with Crippen LogP contribution in [0, 0.1) is 6.92 Å². The van der Waals surface area contributed by atoms with Crippen LogP contribution in [0.1, 0.15) is 24.8 Å². The molecule has 1 aliphatic heterocycles. The first kappa shape index (κ1) is 26.2. The normalized spacial score (nSPS) is 14.4. The van der Waals surface area contributed by atoms with E-state index in [4.69, 9.17) is 26.1 Å². The van der Waals surface area contributed by atoms with Gasteiger partial charge >= 0.3 is 0 Å². The summed E-state index contributed by atoms with van der Waals surface area (Å²) in [5, 5.41) is 1.46. The molecule has 0 N–H and O–H groups in total. The average molecular weight is 534 g/mol. The Bertz CT molecular complexity index is 1120. The van der Waals surface area contributed by atoms with E-state index in [1.54, 1.807) is 30.2 Å². The van der Waals surface area contributed by atoms with Crippen molar-refractivity contribution >= 4 is 56.0 Å². The van der Waals surface area contributed by atoms with Crippen molar-refractivity contribution in [2.45, 2.75) is 31.1 Å².